The molecule has 0 saturated carbocycles. The number of anilines is 1. The second-order valence-electron chi connectivity index (χ2n) is 6.84. The van der Waals surface area contributed by atoms with Gasteiger partial charge in [-0.15, -0.1) is 21.6 Å². The first kappa shape index (κ1) is 20.9. The van der Waals surface area contributed by atoms with Crippen LogP contribution in [0.2, 0.25) is 0 Å². The summed E-state index contributed by atoms with van der Waals surface area (Å²) in [6, 6.07) is 20.6. The number of benzene rings is 2. The van der Waals surface area contributed by atoms with Crippen LogP contribution in [-0.2, 0) is 4.99 Å². The van der Waals surface area contributed by atoms with Gasteiger partial charge in [-0.3, -0.25) is 0 Å². The molecule has 154 valence electrons. The van der Waals surface area contributed by atoms with E-state index >= 15 is 0 Å². The van der Waals surface area contributed by atoms with Crippen LogP contribution < -0.4 is 32.8 Å². The van der Waals surface area contributed by atoms with E-state index in [1.807, 2.05) is 53.1 Å². The lowest BCUT2D eigenvalue weighted by atomic mass is 10.2. The third kappa shape index (κ3) is 3.51. The summed E-state index contributed by atoms with van der Waals surface area (Å²) in [5.41, 5.74) is 5.35. The lowest BCUT2D eigenvalue weighted by Gasteiger charge is -2.37. The lowest BCUT2D eigenvalue weighted by molar-refractivity contribution is -0.567. The zero-order valence-electron chi connectivity index (χ0n) is 16.5. The molecule has 0 spiro atoms. The third-order valence-electron chi connectivity index (χ3n) is 4.93. The van der Waals surface area contributed by atoms with Crippen LogP contribution in [0, 0.1) is 0 Å². The number of allylic oxidation sites excluding steroid dienone is 2. The summed E-state index contributed by atoms with van der Waals surface area (Å²) in [6.07, 6.45) is 1.85. The molecule has 30 heavy (non-hydrogen) atoms. The molecule has 3 aromatic rings. The van der Waals surface area contributed by atoms with E-state index in [0.717, 1.165) is 27.8 Å². The van der Waals surface area contributed by atoms with Gasteiger partial charge in [0.1, 0.15) is 5.69 Å². The normalized spacial score (nSPS) is 20.8. The maximum atomic E-state index is 5.07. The average molecular weight is 501 g/mol. The van der Waals surface area contributed by atoms with Gasteiger partial charge in [-0.05, 0) is 38.1 Å². The van der Waals surface area contributed by atoms with Gasteiger partial charge in [-0.1, -0.05) is 53.3 Å². The van der Waals surface area contributed by atoms with E-state index in [2.05, 4.69) is 59.0 Å². The quantitative estimate of drug-likeness (QED) is 0.508. The first-order chi connectivity index (χ1) is 14.2. The Hall–Kier alpha value is -2.33. The fraction of sp³-hybridized carbons (Fsp3) is 0.143. The molecule has 1 unspecified atom stereocenters. The third-order valence-corrected chi connectivity index (χ3v) is 7.31. The SMILES string of the molecule is CC1=C(C)SC(c2nccs2)(N2N=C(c3ccccc3)[NH2+]N2c2ccccc2)N1.[Br-]. The average Bonchev–Trinajstić information content (AvgIpc) is 3.50. The highest BCUT2D eigenvalue weighted by Gasteiger charge is 2.53. The number of hydrazone groups is 1. The Morgan fingerprint density at radius 3 is 2.30 bits per heavy atom. The molecule has 6 nitrogen and oxygen atoms in total. The number of para-hydroxylation sites is 1. The van der Waals surface area contributed by atoms with E-state index in [1.165, 1.54) is 4.91 Å². The molecule has 0 fully saturated rings. The summed E-state index contributed by atoms with van der Waals surface area (Å²) in [5.74, 6) is 0.912. The van der Waals surface area contributed by atoms with Crippen molar-refractivity contribution < 1.29 is 22.4 Å². The predicted molar refractivity (Wildman–Crippen MR) is 119 cm³/mol. The van der Waals surface area contributed by atoms with E-state index in [0.29, 0.717) is 0 Å². The number of aromatic nitrogens is 1. The van der Waals surface area contributed by atoms with E-state index < -0.39 is 4.99 Å². The maximum Gasteiger partial charge on any atom is 0.276 e. The number of halogens is 1. The van der Waals surface area contributed by atoms with Crippen LogP contribution in [-0.4, -0.2) is 15.9 Å². The standard InChI is InChI=1S/C21H20N6S2.BrH/c1-15-16(2)29-21(23-15,20-22-13-14-28-20)27-25-19(17-9-5-3-6-10-17)24-26(27)18-11-7-4-8-12-18;/h3-14,23H,1-2H3,(H,24,25);1H. The molecule has 3 N–H and O–H groups in total. The minimum Gasteiger partial charge on any atom is -1.00 e. The highest BCUT2D eigenvalue weighted by atomic mass is 79.9. The van der Waals surface area contributed by atoms with E-state index in [-0.39, 0.29) is 17.0 Å². The Morgan fingerprint density at radius 1 is 1.00 bits per heavy atom. The van der Waals surface area contributed by atoms with Crippen LogP contribution in [0.1, 0.15) is 24.4 Å². The number of thiazole rings is 1. The zero-order chi connectivity index (χ0) is 19.8. The van der Waals surface area contributed by atoms with Crippen molar-refractivity contribution in [1.82, 2.24) is 15.4 Å². The molecule has 0 bridgehead atoms. The number of rotatable bonds is 4. The molecule has 0 radical (unpaired) electrons. The highest BCUT2D eigenvalue weighted by molar-refractivity contribution is 8.04. The van der Waals surface area contributed by atoms with Crippen molar-refractivity contribution in [2.75, 3.05) is 5.12 Å². The first-order valence-electron chi connectivity index (χ1n) is 9.35. The lowest BCUT2D eigenvalue weighted by Crippen LogP contribution is -3.00. The molecule has 0 aliphatic carbocycles. The summed E-state index contributed by atoms with van der Waals surface area (Å²) in [7, 11) is 0. The van der Waals surface area contributed by atoms with Crippen LogP contribution in [0.25, 0.3) is 0 Å². The number of hydrogen-bond donors (Lipinski definition) is 2. The van der Waals surface area contributed by atoms with Gasteiger partial charge in [0, 0.05) is 22.2 Å². The monoisotopic (exact) mass is 500 g/mol. The van der Waals surface area contributed by atoms with Crippen LogP contribution in [0.3, 0.4) is 0 Å². The number of quaternary nitrogens is 1. The highest BCUT2D eigenvalue weighted by Crippen LogP contribution is 2.49. The van der Waals surface area contributed by atoms with Gasteiger partial charge in [0.2, 0.25) is 0 Å². The number of hydrogen-bond acceptors (Lipinski definition) is 7. The first-order valence-corrected chi connectivity index (χ1v) is 11.0. The smallest absolute Gasteiger partial charge is 0.276 e. The summed E-state index contributed by atoms with van der Waals surface area (Å²) >= 11 is 3.38. The molecule has 0 amide bonds. The van der Waals surface area contributed by atoms with Gasteiger partial charge >= 0.3 is 0 Å². The second kappa shape index (κ2) is 8.43. The molecular formula is C21H21BrN6S2. The van der Waals surface area contributed by atoms with Crippen molar-refractivity contribution in [3.63, 3.8) is 0 Å². The molecule has 9 heteroatoms. The zero-order valence-corrected chi connectivity index (χ0v) is 19.7. The van der Waals surface area contributed by atoms with Crippen LogP contribution in [0.5, 0.6) is 0 Å². The van der Waals surface area contributed by atoms with Crippen molar-refractivity contribution in [2.45, 2.75) is 18.8 Å². The number of thioether (sulfide) groups is 1. The Balaban J connectivity index is 0.00000218. The Labute approximate surface area is 194 Å². The predicted octanol–water partition coefficient (Wildman–Crippen LogP) is 0.423. The molecule has 2 aliphatic heterocycles. The van der Waals surface area contributed by atoms with Gasteiger partial charge in [-0.25, -0.2) is 4.98 Å². The van der Waals surface area contributed by atoms with Gasteiger partial charge in [0.05, 0.1) is 5.56 Å². The largest absolute Gasteiger partial charge is 1.00 e. The number of nitrogens with two attached hydrogens (primary N) is 1. The van der Waals surface area contributed by atoms with Gasteiger partial charge in [0.25, 0.3) is 10.8 Å². The Kier molecular flexibility index (Phi) is 5.88. The second-order valence-corrected chi connectivity index (χ2v) is 9.14. The van der Waals surface area contributed by atoms with Crippen LogP contribution in [0.15, 0.2) is 87.9 Å². The van der Waals surface area contributed by atoms with E-state index in [9.17, 15) is 0 Å². The van der Waals surface area contributed by atoms with Crippen molar-refractivity contribution in [2.24, 2.45) is 5.10 Å². The van der Waals surface area contributed by atoms with Gasteiger partial charge < -0.3 is 22.3 Å². The molecule has 2 aromatic carbocycles. The number of nitrogens with one attached hydrogen (secondary N) is 1. The van der Waals surface area contributed by atoms with E-state index in [1.54, 1.807) is 23.1 Å². The number of hydrazine groups is 1. The fourth-order valence-corrected chi connectivity index (χ4v) is 5.54. The molecule has 3 heterocycles. The molecule has 5 rings (SSSR count). The topological polar surface area (TPSA) is 60.4 Å². The number of amidine groups is 1. The summed E-state index contributed by atoms with van der Waals surface area (Å²) < 4.78 is 0. The van der Waals surface area contributed by atoms with Gasteiger partial charge in [0.15, 0.2) is 5.01 Å². The van der Waals surface area contributed by atoms with Gasteiger partial charge in [-0.2, -0.15) is 5.43 Å². The van der Waals surface area contributed by atoms with Crippen molar-refractivity contribution in [1.29, 1.82) is 0 Å². The minimum atomic E-state index is -0.634. The molecule has 2 aliphatic rings. The fourth-order valence-electron chi connectivity index (χ4n) is 3.40. The summed E-state index contributed by atoms with van der Waals surface area (Å²) in [4.78, 5) is 5.27. The molecule has 1 atom stereocenters. The molecule has 1 aromatic heterocycles. The molecular weight excluding hydrogens is 480 g/mol. The Morgan fingerprint density at radius 2 is 1.70 bits per heavy atom. The van der Waals surface area contributed by atoms with Crippen LogP contribution >= 0.6 is 23.1 Å². The van der Waals surface area contributed by atoms with Crippen LogP contribution in [0.4, 0.5) is 5.69 Å². The van der Waals surface area contributed by atoms with Crippen molar-refractivity contribution >= 4 is 34.6 Å². The minimum absolute atomic E-state index is 0. The summed E-state index contributed by atoms with van der Waals surface area (Å²) in [5, 5.41) is 15.9. The molecule has 0 saturated heterocycles. The Bertz CT molecular complexity index is 1060. The van der Waals surface area contributed by atoms with Crippen molar-refractivity contribution in [3.05, 3.63) is 93.4 Å². The number of nitrogens with zero attached hydrogens (tertiary/aromatic N) is 4. The maximum absolute atomic E-state index is 5.07. The van der Waals surface area contributed by atoms with E-state index in [4.69, 9.17) is 5.10 Å². The van der Waals surface area contributed by atoms with Crippen molar-refractivity contribution in [3.8, 4) is 0 Å². The summed E-state index contributed by atoms with van der Waals surface area (Å²) in [6.45, 7) is 4.24.